The van der Waals surface area contributed by atoms with Crippen molar-refractivity contribution in [1.29, 1.82) is 0 Å². The number of carbonyl (C=O) groups excluding carboxylic acids is 1. The summed E-state index contributed by atoms with van der Waals surface area (Å²) in [6.07, 6.45) is 10.0. The van der Waals surface area contributed by atoms with Crippen molar-refractivity contribution >= 4 is 11.9 Å². The van der Waals surface area contributed by atoms with Gasteiger partial charge in [-0.15, -0.1) is 10.2 Å². The molecule has 9 nitrogen and oxygen atoms in total. The molecular formula is C21H36N8O. The largest absolute Gasteiger partial charge is 0.354 e. The lowest BCUT2D eigenvalue weighted by atomic mass is 10.2. The fourth-order valence-electron chi connectivity index (χ4n) is 4.31. The third-order valence-corrected chi connectivity index (χ3v) is 6.28. The molecule has 30 heavy (non-hydrogen) atoms. The van der Waals surface area contributed by atoms with Crippen molar-refractivity contribution in [2.75, 3.05) is 39.3 Å². The minimum Gasteiger partial charge on any atom is -0.354 e. The molecule has 0 bridgehead atoms. The molecule has 1 aromatic heterocycles. The molecule has 4 rings (SSSR count). The van der Waals surface area contributed by atoms with Gasteiger partial charge in [0.25, 0.3) is 0 Å². The van der Waals surface area contributed by atoms with Gasteiger partial charge in [-0.1, -0.05) is 19.8 Å². The zero-order chi connectivity index (χ0) is 20.8. The van der Waals surface area contributed by atoms with Gasteiger partial charge in [0, 0.05) is 51.2 Å². The third kappa shape index (κ3) is 5.93. The summed E-state index contributed by atoms with van der Waals surface area (Å²) in [5.74, 6) is 2.20. The average molecular weight is 417 g/mol. The standard InChI is InChI=1S/C21H36N8O/c1-2-19-26-23-16-29(19)10-9-22-21(25-17-5-3-4-6-17)28-13-11-27(12-14-28)15-20(30)24-18-7-8-18/h16-18H,2-15H2,1H3,(H,22,25)(H,24,30). The Labute approximate surface area is 179 Å². The molecule has 2 saturated carbocycles. The second-order valence-corrected chi connectivity index (χ2v) is 8.73. The number of hydrogen-bond donors (Lipinski definition) is 2. The van der Waals surface area contributed by atoms with Crippen molar-refractivity contribution in [2.24, 2.45) is 4.99 Å². The zero-order valence-corrected chi connectivity index (χ0v) is 18.2. The van der Waals surface area contributed by atoms with E-state index in [2.05, 4.69) is 42.1 Å². The maximum atomic E-state index is 12.1. The van der Waals surface area contributed by atoms with Crippen LogP contribution in [-0.2, 0) is 17.8 Å². The molecule has 2 N–H and O–H groups in total. The Kier molecular flexibility index (Phi) is 7.20. The molecule has 0 radical (unpaired) electrons. The van der Waals surface area contributed by atoms with Crippen molar-refractivity contribution in [3.63, 3.8) is 0 Å². The maximum absolute atomic E-state index is 12.1. The lowest BCUT2D eigenvalue weighted by Crippen LogP contribution is -2.55. The highest BCUT2D eigenvalue weighted by atomic mass is 16.2. The summed E-state index contributed by atoms with van der Waals surface area (Å²) in [4.78, 5) is 21.7. The second kappa shape index (κ2) is 10.2. The maximum Gasteiger partial charge on any atom is 0.234 e. The van der Waals surface area contributed by atoms with Crippen LogP contribution in [0.5, 0.6) is 0 Å². The summed E-state index contributed by atoms with van der Waals surface area (Å²) in [5.41, 5.74) is 0. The van der Waals surface area contributed by atoms with E-state index < -0.39 is 0 Å². The van der Waals surface area contributed by atoms with Crippen LogP contribution in [0.2, 0.25) is 0 Å². The lowest BCUT2D eigenvalue weighted by Gasteiger charge is -2.37. The molecule has 2 heterocycles. The van der Waals surface area contributed by atoms with Crippen LogP contribution < -0.4 is 10.6 Å². The van der Waals surface area contributed by atoms with Crippen molar-refractivity contribution in [2.45, 2.75) is 70.5 Å². The normalized spacial score (nSPS) is 21.2. The minimum atomic E-state index is 0.171. The number of aliphatic imine (C=N–C) groups is 1. The Morgan fingerprint density at radius 3 is 2.53 bits per heavy atom. The quantitative estimate of drug-likeness (QED) is 0.477. The number of piperazine rings is 1. The lowest BCUT2D eigenvalue weighted by molar-refractivity contribution is -0.122. The van der Waals surface area contributed by atoms with Crippen LogP contribution in [0.15, 0.2) is 11.3 Å². The summed E-state index contributed by atoms with van der Waals surface area (Å²) in [5, 5.41) is 15.0. The monoisotopic (exact) mass is 416 g/mol. The predicted octanol–water partition coefficient (Wildman–Crippen LogP) is 0.625. The number of aryl methyl sites for hydroxylation is 1. The number of rotatable bonds is 8. The van der Waals surface area contributed by atoms with Crippen LogP contribution in [0.3, 0.4) is 0 Å². The molecular weight excluding hydrogens is 380 g/mol. The van der Waals surface area contributed by atoms with E-state index >= 15 is 0 Å². The average Bonchev–Trinajstić information content (AvgIpc) is 3.22. The summed E-state index contributed by atoms with van der Waals surface area (Å²) >= 11 is 0. The van der Waals surface area contributed by atoms with Gasteiger partial charge in [0.2, 0.25) is 5.91 Å². The zero-order valence-electron chi connectivity index (χ0n) is 18.2. The van der Waals surface area contributed by atoms with E-state index in [1.165, 1.54) is 25.7 Å². The molecule has 9 heteroatoms. The van der Waals surface area contributed by atoms with Gasteiger partial charge in [-0.25, -0.2) is 0 Å². The molecule has 2 aliphatic carbocycles. The molecule has 1 aromatic rings. The first kappa shape index (κ1) is 21.1. The van der Waals surface area contributed by atoms with Gasteiger partial charge in [-0.3, -0.25) is 14.7 Å². The number of amides is 1. The molecule has 1 amide bonds. The third-order valence-electron chi connectivity index (χ3n) is 6.28. The van der Waals surface area contributed by atoms with Crippen LogP contribution in [0.4, 0.5) is 0 Å². The summed E-state index contributed by atoms with van der Waals surface area (Å²) in [7, 11) is 0. The van der Waals surface area contributed by atoms with Gasteiger partial charge in [-0.05, 0) is 25.7 Å². The van der Waals surface area contributed by atoms with Crippen LogP contribution in [-0.4, -0.2) is 87.8 Å². The van der Waals surface area contributed by atoms with Crippen LogP contribution >= 0.6 is 0 Å². The molecule has 0 unspecified atom stereocenters. The summed E-state index contributed by atoms with van der Waals surface area (Å²) in [6, 6.07) is 0.972. The Balaban J connectivity index is 1.30. The Hall–Kier alpha value is -2.16. The number of nitrogens with zero attached hydrogens (tertiary/aromatic N) is 6. The van der Waals surface area contributed by atoms with Gasteiger partial charge >= 0.3 is 0 Å². The van der Waals surface area contributed by atoms with Crippen molar-refractivity contribution in [3.8, 4) is 0 Å². The van der Waals surface area contributed by atoms with E-state index in [0.717, 1.165) is 63.8 Å². The molecule has 1 saturated heterocycles. The Bertz CT molecular complexity index is 714. The highest BCUT2D eigenvalue weighted by Gasteiger charge is 2.27. The smallest absolute Gasteiger partial charge is 0.234 e. The van der Waals surface area contributed by atoms with E-state index in [1.807, 2.05) is 0 Å². The molecule has 166 valence electrons. The highest BCUT2D eigenvalue weighted by Crippen LogP contribution is 2.19. The first-order valence-corrected chi connectivity index (χ1v) is 11.7. The number of aromatic nitrogens is 3. The summed E-state index contributed by atoms with van der Waals surface area (Å²) in [6.45, 7) is 7.73. The molecule has 0 spiro atoms. The van der Waals surface area contributed by atoms with Gasteiger partial charge < -0.3 is 20.1 Å². The SMILES string of the molecule is CCc1nncn1CCN=C(NC1CCCC1)N1CCN(CC(=O)NC2CC2)CC1. The highest BCUT2D eigenvalue weighted by molar-refractivity contribution is 5.81. The van der Waals surface area contributed by atoms with E-state index in [9.17, 15) is 4.79 Å². The van der Waals surface area contributed by atoms with Crippen LogP contribution in [0, 0.1) is 0 Å². The van der Waals surface area contributed by atoms with Crippen LogP contribution in [0.25, 0.3) is 0 Å². The van der Waals surface area contributed by atoms with Crippen molar-refractivity contribution in [3.05, 3.63) is 12.2 Å². The number of hydrogen-bond acceptors (Lipinski definition) is 5. The van der Waals surface area contributed by atoms with Gasteiger partial charge in [0.1, 0.15) is 12.2 Å². The predicted molar refractivity (Wildman–Crippen MR) is 116 cm³/mol. The number of carbonyl (C=O) groups is 1. The number of nitrogens with one attached hydrogen (secondary N) is 2. The molecule has 1 aliphatic heterocycles. The molecule has 0 aromatic carbocycles. The first-order chi connectivity index (χ1) is 14.7. The van der Waals surface area contributed by atoms with E-state index in [4.69, 9.17) is 4.99 Å². The van der Waals surface area contributed by atoms with E-state index in [-0.39, 0.29) is 5.91 Å². The molecule has 0 atom stereocenters. The van der Waals surface area contributed by atoms with Gasteiger partial charge in [0.15, 0.2) is 5.96 Å². The first-order valence-electron chi connectivity index (χ1n) is 11.7. The van der Waals surface area contributed by atoms with Crippen LogP contribution in [0.1, 0.15) is 51.3 Å². The molecule has 3 fully saturated rings. The van der Waals surface area contributed by atoms with Crippen molar-refractivity contribution in [1.82, 2.24) is 35.2 Å². The van der Waals surface area contributed by atoms with Gasteiger partial charge in [0.05, 0.1) is 13.1 Å². The topological polar surface area (TPSA) is 90.7 Å². The van der Waals surface area contributed by atoms with Crippen molar-refractivity contribution < 1.29 is 4.79 Å². The fourth-order valence-corrected chi connectivity index (χ4v) is 4.31. The Morgan fingerprint density at radius 2 is 1.83 bits per heavy atom. The minimum absolute atomic E-state index is 0.171. The fraction of sp³-hybridized carbons (Fsp3) is 0.810. The van der Waals surface area contributed by atoms with Gasteiger partial charge in [-0.2, -0.15) is 0 Å². The summed E-state index contributed by atoms with van der Waals surface area (Å²) < 4.78 is 2.09. The van der Waals surface area contributed by atoms with E-state index in [1.54, 1.807) is 6.33 Å². The number of guanidine groups is 1. The molecule has 3 aliphatic rings. The second-order valence-electron chi connectivity index (χ2n) is 8.73. The Morgan fingerprint density at radius 1 is 1.10 bits per heavy atom. The van der Waals surface area contributed by atoms with E-state index in [0.29, 0.717) is 25.2 Å².